The third-order valence-corrected chi connectivity index (χ3v) is 2.17. The van der Waals surface area contributed by atoms with Gasteiger partial charge < -0.3 is 14.8 Å². The van der Waals surface area contributed by atoms with E-state index in [1.54, 1.807) is 13.2 Å². The maximum absolute atomic E-state index is 13.0. The van der Waals surface area contributed by atoms with Crippen molar-refractivity contribution >= 4 is 0 Å². The Morgan fingerprint density at radius 1 is 1.38 bits per heavy atom. The number of ether oxygens (including phenoxy) is 2. The highest BCUT2D eigenvalue weighted by Gasteiger charge is 2.04. The van der Waals surface area contributed by atoms with Crippen molar-refractivity contribution in [2.75, 3.05) is 26.8 Å². The van der Waals surface area contributed by atoms with Crippen molar-refractivity contribution in [1.29, 1.82) is 0 Å². The molecule has 0 saturated heterocycles. The normalized spacial score (nSPS) is 10.4. The quantitative estimate of drug-likeness (QED) is 0.722. The summed E-state index contributed by atoms with van der Waals surface area (Å²) in [5.41, 5.74) is 0.735. The van der Waals surface area contributed by atoms with Gasteiger partial charge in [-0.25, -0.2) is 4.39 Å². The molecule has 0 aliphatic heterocycles. The zero-order valence-corrected chi connectivity index (χ0v) is 9.75. The molecule has 0 bridgehead atoms. The number of rotatable bonds is 7. The van der Waals surface area contributed by atoms with Gasteiger partial charge in [0.15, 0.2) is 0 Å². The number of hydrogen-bond acceptors (Lipinski definition) is 3. The Kier molecular flexibility index (Phi) is 5.82. The van der Waals surface area contributed by atoms with Crippen molar-refractivity contribution in [1.82, 2.24) is 5.32 Å². The molecule has 0 unspecified atom stereocenters. The minimum atomic E-state index is -0.272. The Balaban J connectivity index is 2.42. The number of likely N-dealkylation sites (N-methyl/N-ethyl adjacent to an activating group) is 1. The average molecular weight is 227 g/mol. The zero-order valence-electron chi connectivity index (χ0n) is 9.75. The molecule has 0 aliphatic carbocycles. The Morgan fingerprint density at radius 2 is 2.19 bits per heavy atom. The monoisotopic (exact) mass is 227 g/mol. The molecule has 0 radical (unpaired) electrons. The van der Waals surface area contributed by atoms with Crippen LogP contribution in [0.5, 0.6) is 5.75 Å². The second kappa shape index (κ2) is 7.19. The van der Waals surface area contributed by atoms with Crippen LogP contribution in [-0.4, -0.2) is 26.8 Å². The van der Waals surface area contributed by atoms with Gasteiger partial charge in [-0.3, -0.25) is 0 Å². The van der Waals surface area contributed by atoms with Gasteiger partial charge in [0.25, 0.3) is 0 Å². The molecule has 0 atom stereocenters. The molecule has 0 aromatic heterocycles. The lowest BCUT2D eigenvalue weighted by molar-refractivity contribution is 0.121. The van der Waals surface area contributed by atoms with E-state index < -0.39 is 0 Å². The molecule has 0 saturated carbocycles. The molecule has 0 amide bonds. The third-order valence-electron chi connectivity index (χ3n) is 2.17. The predicted octanol–water partition coefficient (Wildman–Crippen LogP) is 1.96. The van der Waals surface area contributed by atoms with Gasteiger partial charge in [-0.05, 0) is 24.7 Å². The molecule has 0 aliphatic rings. The summed E-state index contributed by atoms with van der Waals surface area (Å²) < 4.78 is 23.5. The van der Waals surface area contributed by atoms with Crippen LogP contribution in [0.3, 0.4) is 0 Å². The van der Waals surface area contributed by atoms with Crippen LogP contribution < -0.4 is 10.1 Å². The van der Waals surface area contributed by atoms with Crippen LogP contribution in [0.4, 0.5) is 4.39 Å². The van der Waals surface area contributed by atoms with Gasteiger partial charge in [0.2, 0.25) is 0 Å². The van der Waals surface area contributed by atoms with Gasteiger partial charge in [0, 0.05) is 12.1 Å². The molecule has 0 fully saturated rings. The van der Waals surface area contributed by atoms with Crippen molar-refractivity contribution in [3.05, 3.63) is 29.6 Å². The predicted molar refractivity (Wildman–Crippen MR) is 61.2 cm³/mol. The summed E-state index contributed by atoms with van der Waals surface area (Å²) in [5.74, 6) is 0.385. The topological polar surface area (TPSA) is 30.5 Å². The zero-order chi connectivity index (χ0) is 11.8. The molecule has 0 heterocycles. The van der Waals surface area contributed by atoms with Crippen molar-refractivity contribution in [2.24, 2.45) is 0 Å². The van der Waals surface area contributed by atoms with Crippen molar-refractivity contribution in [2.45, 2.75) is 13.5 Å². The lowest BCUT2D eigenvalue weighted by atomic mass is 10.2. The SMILES string of the molecule is CCNCCOCc1cc(F)ccc1OC. The third kappa shape index (κ3) is 4.16. The fourth-order valence-corrected chi connectivity index (χ4v) is 1.36. The first-order chi connectivity index (χ1) is 7.77. The number of halogens is 1. The summed E-state index contributed by atoms with van der Waals surface area (Å²) in [7, 11) is 1.56. The highest BCUT2D eigenvalue weighted by molar-refractivity contribution is 5.33. The first kappa shape index (κ1) is 12.9. The molecule has 16 heavy (non-hydrogen) atoms. The molecular weight excluding hydrogens is 209 g/mol. The fourth-order valence-electron chi connectivity index (χ4n) is 1.36. The number of benzene rings is 1. The van der Waals surface area contributed by atoms with Gasteiger partial charge >= 0.3 is 0 Å². The van der Waals surface area contributed by atoms with Crippen LogP contribution in [0.2, 0.25) is 0 Å². The molecule has 3 nitrogen and oxygen atoms in total. The van der Waals surface area contributed by atoms with E-state index in [1.807, 2.05) is 6.92 Å². The van der Waals surface area contributed by atoms with E-state index in [4.69, 9.17) is 9.47 Å². The van der Waals surface area contributed by atoms with E-state index in [1.165, 1.54) is 12.1 Å². The van der Waals surface area contributed by atoms with Crippen molar-refractivity contribution < 1.29 is 13.9 Å². The van der Waals surface area contributed by atoms with E-state index in [9.17, 15) is 4.39 Å². The fraction of sp³-hybridized carbons (Fsp3) is 0.500. The second-order valence-electron chi connectivity index (χ2n) is 3.36. The summed E-state index contributed by atoms with van der Waals surface area (Å²) >= 11 is 0. The summed E-state index contributed by atoms with van der Waals surface area (Å²) in [6.07, 6.45) is 0. The van der Waals surface area contributed by atoms with Gasteiger partial charge in [-0.15, -0.1) is 0 Å². The van der Waals surface area contributed by atoms with Crippen molar-refractivity contribution in [3.8, 4) is 5.75 Å². The first-order valence-electron chi connectivity index (χ1n) is 5.38. The minimum Gasteiger partial charge on any atom is -0.496 e. The Morgan fingerprint density at radius 3 is 2.88 bits per heavy atom. The Bertz CT molecular complexity index is 318. The van der Waals surface area contributed by atoms with Gasteiger partial charge in [-0.1, -0.05) is 6.92 Å². The summed E-state index contributed by atoms with van der Waals surface area (Å²) in [4.78, 5) is 0. The van der Waals surface area contributed by atoms with E-state index in [-0.39, 0.29) is 5.82 Å². The van der Waals surface area contributed by atoms with Crippen LogP contribution in [-0.2, 0) is 11.3 Å². The van der Waals surface area contributed by atoms with E-state index >= 15 is 0 Å². The molecule has 1 aromatic rings. The highest BCUT2D eigenvalue weighted by Crippen LogP contribution is 2.19. The van der Waals surface area contributed by atoms with Crippen LogP contribution in [0.1, 0.15) is 12.5 Å². The Hall–Kier alpha value is -1.13. The molecule has 1 N–H and O–H groups in total. The van der Waals surface area contributed by atoms with E-state index in [0.717, 1.165) is 18.7 Å². The molecule has 0 spiro atoms. The summed E-state index contributed by atoms with van der Waals surface area (Å²) in [6.45, 7) is 4.73. The van der Waals surface area contributed by atoms with Gasteiger partial charge in [0.05, 0.1) is 20.3 Å². The molecular formula is C12H18FNO2. The highest BCUT2D eigenvalue weighted by atomic mass is 19.1. The standard InChI is InChI=1S/C12H18FNO2/c1-3-14-6-7-16-9-10-8-11(13)4-5-12(10)15-2/h4-5,8,14H,3,6-7,9H2,1-2H3. The van der Waals surface area contributed by atoms with E-state index in [0.29, 0.717) is 19.0 Å². The molecule has 1 rings (SSSR count). The van der Waals surface area contributed by atoms with Crippen LogP contribution in [0.15, 0.2) is 18.2 Å². The first-order valence-corrected chi connectivity index (χ1v) is 5.38. The Labute approximate surface area is 95.6 Å². The molecule has 90 valence electrons. The van der Waals surface area contributed by atoms with Crippen molar-refractivity contribution in [3.63, 3.8) is 0 Å². The number of hydrogen-bond donors (Lipinski definition) is 1. The molecule has 1 aromatic carbocycles. The van der Waals surface area contributed by atoms with Crippen LogP contribution in [0.25, 0.3) is 0 Å². The van der Waals surface area contributed by atoms with Crippen LogP contribution >= 0.6 is 0 Å². The summed E-state index contributed by atoms with van der Waals surface area (Å²) in [6, 6.07) is 4.42. The van der Waals surface area contributed by atoms with Gasteiger partial charge in [-0.2, -0.15) is 0 Å². The van der Waals surface area contributed by atoms with E-state index in [2.05, 4.69) is 5.32 Å². The van der Waals surface area contributed by atoms with Gasteiger partial charge in [0.1, 0.15) is 11.6 Å². The molecule has 4 heteroatoms. The van der Waals surface area contributed by atoms with Crippen LogP contribution in [0, 0.1) is 5.82 Å². The lowest BCUT2D eigenvalue weighted by Crippen LogP contribution is -2.18. The number of nitrogens with one attached hydrogen (secondary N) is 1. The number of methoxy groups -OCH3 is 1. The second-order valence-corrected chi connectivity index (χ2v) is 3.36. The maximum atomic E-state index is 13.0. The average Bonchev–Trinajstić information content (AvgIpc) is 2.29. The lowest BCUT2D eigenvalue weighted by Gasteiger charge is -2.09. The smallest absolute Gasteiger partial charge is 0.124 e. The largest absolute Gasteiger partial charge is 0.496 e. The maximum Gasteiger partial charge on any atom is 0.124 e. The summed E-state index contributed by atoms with van der Waals surface area (Å²) in [5, 5.41) is 3.14. The minimum absolute atomic E-state index is 0.272.